The molecule has 1 aromatic carbocycles. The fourth-order valence-electron chi connectivity index (χ4n) is 2.92. The normalized spacial score (nSPS) is 21.2. The predicted molar refractivity (Wildman–Crippen MR) is 69.1 cm³/mol. The van der Waals surface area contributed by atoms with E-state index in [-0.39, 0.29) is 6.04 Å². The third-order valence-corrected chi connectivity index (χ3v) is 4.18. The molecule has 0 saturated heterocycles. The van der Waals surface area contributed by atoms with Crippen LogP contribution in [0.15, 0.2) is 18.2 Å². The van der Waals surface area contributed by atoms with Crippen LogP contribution in [0.2, 0.25) is 0 Å². The topological polar surface area (TPSA) is 35.2 Å². The lowest BCUT2D eigenvalue weighted by Gasteiger charge is -2.30. The van der Waals surface area contributed by atoms with Gasteiger partial charge in [0.2, 0.25) is 0 Å². The highest BCUT2D eigenvalue weighted by Crippen LogP contribution is 2.38. The van der Waals surface area contributed by atoms with Gasteiger partial charge in [-0.25, -0.2) is 0 Å². The molecular formula is C15H21NO. The summed E-state index contributed by atoms with van der Waals surface area (Å²) in [6, 6.07) is 6.61. The van der Waals surface area contributed by atoms with E-state index in [1.165, 1.54) is 30.4 Å². The monoisotopic (exact) mass is 231 g/mol. The first-order valence-corrected chi connectivity index (χ1v) is 6.85. The molecule has 1 saturated carbocycles. The van der Waals surface area contributed by atoms with Gasteiger partial charge in [-0.1, -0.05) is 37.5 Å². The van der Waals surface area contributed by atoms with Gasteiger partial charge in [0.05, 0.1) is 6.61 Å². The first-order chi connectivity index (χ1) is 8.34. The summed E-state index contributed by atoms with van der Waals surface area (Å²) in [6.07, 6.45) is 7.52. The molecule has 0 radical (unpaired) electrons. The second kappa shape index (κ2) is 4.69. The maximum atomic E-state index is 6.35. The van der Waals surface area contributed by atoms with Crippen LogP contribution in [-0.2, 0) is 6.42 Å². The van der Waals surface area contributed by atoms with Crippen molar-refractivity contribution in [2.75, 3.05) is 6.61 Å². The number of hydrogen-bond acceptors (Lipinski definition) is 2. The minimum atomic E-state index is 0.161. The number of para-hydroxylation sites is 1. The summed E-state index contributed by atoms with van der Waals surface area (Å²) in [5.41, 5.74) is 8.93. The van der Waals surface area contributed by atoms with Crippen molar-refractivity contribution in [1.82, 2.24) is 0 Å². The van der Waals surface area contributed by atoms with Gasteiger partial charge < -0.3 is 10.5 Å². The molecule has 0 spiro atoms. The summed E-state index contributed by atoms with van der Waals surface area (Å²) < 4.78 is 5.83. The molecule has 1 atom stereocenters. The van der Waals surface area contributed by atoms with Crippen LogP contribution in [-0.4, -0.2) is 6.61 Å². The standard InChI is InChI=1S/C15H21NO/c16-14(10-11-4-1-5-11)13-8-2-6-12-7-3-9-17-15(12)13/h2,6,8,11,14H,1,3-5,7,9-10,16H2. The van der Waals surface area contributed by atoms with Crippen LogP contribution in [0, 0.1) is 5.92 Å². The van der Waals surface area contributed by atoms with Gasteiger partial charge in [0, 0.05) is 11.6 Å². The lowest BCUT2D eigenvalue weighted by atomic mass is 9.79. The highest BCUT2D eigenvalue weighted by Gasteiger charge is 2.24. The molecule has 17 heavy (non-hydrogen) atoms. The van der Waals surface area contributed by atoms with Crippen molar-refractivity contribution in [2.24, 2.45) is 11.7 Å². The van der Waals surface area contributed by atoms with E-state index in [1.807, 2.05) is 0 Å². The summed E-state index contributed by atoms with van der Waals surface area (Å²) in [4.78, 5) is 0. The SMILES string of the molecule is NC(CC1CCC1)c1cccc2c1OCCC2. The summed E-state index contributed by atoms with van der Waals surface area (Å²) in [5.74, 6) is 1.94. The van der Waals surface area contributed by atoms with Crippen LogP contribution in [0.25, 0.3) is 0 Å². The van der Waals surface area contributed by atoms with Gasteiger partial charge in [-0.15, -0.1) is 0 Å². The van der Waals surface area contributed by atoms with Crippen LogP contribution in [0.4, 0.5) is 0 Å². The van der Waals surface area contributed by atoms with Gasteiger partial charge in [-0.3, -0.25) is 0 Å². The molecule has 1 unspecified atom stereocenters. The fourth-order valence-corrected chi connectivity index (χ4v) is 2.92. The van der Waals surface area contributed by atoms with Gasteiger partial charge in [0.25, 0.3) is 0 Å². The molecule has 0 aromatic heterocycles. The largest absolute Gasteiger partial charge is 0.493 e. The fraction of sp³-hybridized carbons (Fsp3) is 0.600. The van der Waals surface area contributed by atoms with Crippen molar-refractivity contribution in [3.63, 3.8) is 0 Å². The zero-order chi connectivity index (χ0) is 11.7. The Morgan fingerprint density at radius 1 is 1.29 bits per heavy atom. The Labute approximate surface area is 103 Å². The lowest BCUT2D eigenvalue weighted by molar-refractivity contribution is 0.263. The van der Waals surface area contributed by atoms with Crippen molar-refractivity contribution in [1.29, 1.82) is 0 Å². The number of benzene rings is 1. The van der Waals surface area contributed by atoms with E-state index in [4.69, 9.17) is 10.5 Å². The van der Waals surface area contributed by atoms with Gasteiger partial charge >= 0.3 is 0 Å². The zero-order valence-corrected chi connectivity index (χ0v) is 10.3. The first-order valence-electron chi connectivity index (χ1n) is 6.85. The molecule has 1 aromatic rings. The van der Waals surface area contributed by atoms with E-state index in [1.54, 1.807) is 0 Å². The Bertz CT molecular complexity index is 398. The molecule has 3 rings (SSSR count). The molecule has 1 aliphatic heterocycles. The Morgan fingerprint density at radius 2 is 2.18 bits per heavy atom. The van der Waals surface area contributed by atoms with Gasteiger partial charge in [-0.05, 0) is 30.7 Å². The lowest BCUT2D eigenvalue weighted by Crippen LogP contribution is -2.22. The Kier molecular flexibility index (Phi) is 3.06. The van der Waals surface area contributed by atoms with Crippen molar-refractivity contribution in [3.05, 3.63) is 29.3 Å². The van der Waals surface area contributed by atoms with Gasteiger partial charge in [0.15, 0.2) is 0 Å². The first kappa shape index (κ1) is 11.1. The molecule has 92 valence electrons. The molecule has 2 nitrogen and oxygen atoms in total. The van der Waals surface area contributed by atoms with E-state index in [0.717, 1.165) is 37.5 Å². The summed E-state index contributed by atoms with van der Waals surface area (Å²) in [7, 11) is 0. The van der Waals surface area contributed by atoms with Crippen molar-refractivity contribution < 1.29 is 4.74 Å². The quantitative estimate of drug-likeness (QED) is 0.867. The second-order valence-electron chi connectivity index (χ2n) is 5.43. The molecule has 0 bridgehead atoms. The maximum absolute atomic E-state index is 6.35. The Balaban J connectivity index is 1.80. The number of rotatable bonds is 3. The summed E-state index contributed by atoms with van der Waals surface area (Å²) in [6.45, 7) is 0.847. The molecule has 1 heterocycles. The molecular weight excluding hydrogens is 210 g/mol. The molecule has 2 N–H and O–H groups in total. The molecule has 0 amide bonds. The highest BCUT2D eigenvalue weighted by atomic mass is 16.5. The maximum Gasteiger partial charge on any atom is 0.127 e. The van der Waals surface area contributed by atoms with E-state index in [9.17, 15) is 0 Å². The predicted octanol–water partition coefficient (Wildman–Crippen LogP) is 3.20. The van der Waals surface area contributed by atoms with E-state index in [0.29, 0.717) is 0 Å². The average Bonchev–Trinajstić information content (AvgIpc) is 2.33. The smallest absolute Gasteiger partial charge is 0.127 e. The van der Waals surface area contributed by atoms with E-state index >= 15 is 0 Å². The minimum absolute atomic E-state index is 0.161. The number of aryl methyl sites for hydroxylation is 1. The third kappa shape index (κ3) is 2.19. The Morgan fingerprint density at radius 3 is 2.94 bits per heavy atom. The highest BCUT2D eigenvalue weighted by molar-refractivity contribution is 5.44. The van der Waals surface area contributed by atoms with Crippen LogP contribution < -0.4 is 10.5 Å². The number of hydrogen-bond donors (Lipinski definition) is 1. The third-order valence-electron chi connectivity index (χ3n) is 4.18. The summed E-state index contributed by atoms with van der Waals surface area (Å²) in [5, 5.41) is 0. The van der Waals surface area contributed by atoms with Crippen LogP contribution in [0.3, 0.4) is 0 Å². The number of nitrogens with two attached hydrogens (primary N) is 1. The molecule has 1 aliphatic carbocycles. The second-order valence-corrected chi connectivity index (χ2v) is 5.43. The van der Waals surface area contributed by atoms with Crippen LogP contribution >= 0.6 is 0 Å². The zero-order valence-electron chi connectivity index (χ0n) is 10.3. The number of ether oxygens (including phenoxy) is 1. The molecule has 2 aliphatic rings. The molecule has 1 fully saturated rings. The van der Waals surface area contributed by atoms with Crippen LogP contribution in [0.1, 0.15) is 49.3 Å². The van der Waals surface area contributed by atoms with Crippen molar-refractivity contribution in [3.8, 4) is 5.75 Å². The molecule has 2 heteroatoms. The van der Waals surface area contributed by atoms with Crippen molar-refractivity contribution in [2.45, 2.75) is 44.6 Å². The van der Waals surface area contributed by atoms with E-state index < -0.39 is 0 Å². The number of fused-ring (bicyclic) bond motifs is 1. The van der Waals surface area contributed by atoms with Crippen LogP contribution in [0.5, 0.6) is 5.75 Å². The Hall–Kier alpha value is -1.02. The average molecular weight is 231 g/mol. The van der Waals surface area contributed by atoms with Crippen molar-refractivity contribution >= 4 is 0 Å². The minimum Gasteiger partial charge on any atom is -0.493 e. The summed E-state index contributed by atoms with van der Waals surface area (Å²) >= 11 is 0. The van der Waals surface area contributed by atoms with Gasteiger partial charge in [-0.2, -0.15) is 0 Å². The van der Waals surface area contributed by atoms with E-state index in [2.05, 4.69) is 18.2 Å². The van der Waals surface area contributed by atoms with Gasteiger partial charge in [0.1, 0.15) is 5.75 Å².